The first-order valence-corrected chi connectivity index (χ1v) is 14.7. The SMILES string of the molecule is Nc1nc2c(ncn2[C@@H]2OC(CO)[C@@H](F)[C@H]2P(O)(=S)OC[C@H]2O[C@@H](c3cnc4c(=O)[nH]cnn34)C[C@@H]2O)c(=O)[nH]1. The molecule has 2 aliphatic rings. The van der Waals surface area contributed by atoms with E-state index in [0.29, 0.717) is 5.69 Å². The lowest BCUT2D eigenvalue weighted by molar-refractivity contribution is -0.0331. The number of nitrogens with zero attached hydrogens (tertiary/aromatic N) is 6. The quantitative estimate of drug-likeness (QED) is 0.129. The van der Waals surface area contributed by atoms with Crippen LogP contribution in [0, 0.1) is 0 Å². The number of hydrogen-bond acceptors (Lipinski definition) is 13. The fourth-order valence-corrected chi connectivity index (χ4v) is 7.42. The standard InChI is InChI=1S/C20H23FN9O8PS/c21-12-10(3-31)38-19(29-6-25-13-15(29)27-20(22)28-17(13)33)14(12)39(35,40)36-4-11-8(32)1-9(37-11)7-2-23-16-18(34)24-5-26-30(7)16/h2,5-6,8-12,14,19,31-32H,1,3-4H2,(H,35,40)(H,24,26,34)(H3,22,27,28,33)/t8-,9+,10?,11+,12+,14+,19+,39?/m0/s1. The summed E-state index contributed by atoms with van der Waals surface area (Å²) in [6.07, 6.45) is -3.59. The van der Waals surface area contributed by atoms with Gasteiger partial charge in [0.1, 0.15) is 36.5 Å². The summed E-state index contributed by atoms with van der Waals surface area (Å²) in [6.45, 7) is -5.23. The minimum absolute atomic E-state index is 0.0464. The van der Waals surface area contributed by atoms with Crippen LogP contribution in [-0.2, 0) is 25.8 Å². The maximum Gasteiger partial charge on any atom is 0.294 e. The van der Waals surface area contributed by atoms with Gasteiger partial charge in [0.05, 0.1) is 37.5 Å². The number of alkyl halides is 1. The summed E-state index contributed by atoms with van der Waals surface area (Å²) in [6, 6.07) is 0. The second kappa shape index (κ2) is 10.0. The Labute approximate surface area is 226 Å². The lowest BCUT2D eigenvalue weighted by Crippen LogP contribution is -2.32. The fraction of sp³-hybridized carbons (Fsp3) is 0.500. The number of aliphatic hydroxyl groups excluding tert-OH is 2. The highest BCUT2D eigenvalue weighted by molar-refractivity contribution is 8.09. The van der Waals surface area contributed by atoms with Gasteiger partial charge in [-0.2, -0.15) is 10.1 Å². The van der Waals surface area contributed by atoms with Gasteiger partial charge >= 0.3 is 0 Å². The Morgan fingerprint density at radius 3 is 2.83 bits per heavy atom. The summed E-state index contributed by atoms with van der Waals surface area (Å²) in [5, 5.41) is 24.4. The van der Waals surface area contributed by atoms with E-state index in [4.69, 9.17) is 31.5 Å². The summed E-state index contributed by atoms with van der Waals surface area (Å²) in [5.74, 6) is -0.225. The summed E-state index contributed by atoms with van der Waals surface area (Å²) in [5.41, 5.74) is 3.36. The number of nitrogen functional groups attached to an aromatic ring is 1. The van der Waals surface area contributed by atoms with Crippen molar-refractivity contribution in [2.75, 3.05) is 18.9 Å². The van der Waals surface area contributed by atoms with Crippen molar-refractivity contribution in [2.45, 2.75) is 48.9 Å². The zero-order valence-electron chi connectivity index (χ0n) is 20.3. The molecule has 2 aliphatic heterocycles. The molecule has 0 radical (unpaired) electrons. The van der Waals surface area contributed by atoms with Crippen molar-refractivity contribution in [3.63, 3.8) is 0 Å². The predicted molar refractivity (Wildman–Crippen MR) is 137 cm³/mol. The number of hydrogen-bond donors (Lipinski definition) is 6. The number of halogens is 1. The van der Waals surface area contributed by atoms with E-state index in [-0.39, 0.29) is 29.2 Å². The maximum absolute atomic E-state index is 15.5. The molecule has 8 atom stereocenters. The highest BCUT2D eigenvalue weighted by atomic mass is 32.5. The monoisotopic (exact) mass is 599 g/mol. The second-order valence-corrected chi connectivity index (χ2v) is 12.9. The van der Waals surface area contributed by atoms with Gasteiger partial charge in [-0.05, 0) is 11.8 Å². The van der Waals surface area contributed by atoms with Gasteiger partial charge in [-0.3, -0.25) is 19.1 Å². The minimum atomic E-state index is -4.09. The average molecular weight is 599 g/mol. The first kappa shape index (κ1) is 27.0. The Morgan fingerprint density at radius 1 is 1.25 bits per heavy atom. The Kier molecular flexibility index (Phi) is 6.78. The summed E-state index contributed by atoms with van der Waals surface area (Å²) in [7, 11) is 0. The van der Waals surface area contributed by atoms with Gasteiger partial charge in [-0.15, -0.1) is 0 Å². The van der Waals surface area contributed by atoms with Crippen LogP contribution in [0.2, 0.25) is 0 Å². The molecule has 2 unspecified atom stereocenters. The number of aromatic amines is 2. The molecule has 17 nitrogen and oxygen atoms in total. The summed E-state index contributed by atoms with van der Waals surface area (Å²) >= 11 is 5.36. The summed E-state index contributed by atoms with van der Waals surface area (Å²) < 4.78 is 35.2. The van der Waals surface area contributed by atoms with E-state index >= 15 is 4.39 Å². The lowest BCUT2D eigenvalue weighted by Gasteiger charge is -2.29. The van der Waals surface area contributed by atoms with Crippen molar-refractivity contribution in [3.8, 4) is 0 Å². The van der Waals surface area contributed by atoms with Gasteiger partial charge in [0.15, 0.2) is 23.9 Å². The maximum atomic E-state index is 15.5. The largest absolute Gasteiger partial charge is 0.394 e. The van der Waals surface area contributed by atoms with Crippen molar-refractivity contribution in [3.05, 3.63) is 45.3 Å². The normalized spacial score (nSPS) is 30.4. The van der Waals surface area contributed by atoms with Crippen LogP contribution in [0.5, 0.6) is 0 Å². The molecule has 0 aliphatic carbocycles. The molecule has 40 heavy (non-hydrogen) atoms. The third-order valence-corrected chi connectivity index (χ3v) is 9.74. The highest BCUT2D eigenvalue weighted by Gasteiger charge is 2.54. The molecule has 0 saturated carbocycles. The van der Waals surface area contributed by atoms with Crippen LogP contribution in [0.3, 0.4) is 0 Å². The van der Waals surface area contributed by atoms with Crippen LogP contribution in [0.25, 0.3) is 16.8 Å². The molecule has 0 spiro atoms. The van der Waals surface area contributed by atoms with Crippen LogP contribution in [-0.4, -0.2) is 97.6 Å². The number of ether oxygens (including phenoxy) is 2. The molecule has 2 fully saturated rings. The Bertz CT molecular complexity index is 1740. The number of nitrogens with one attached hydrogen (secondary N) is 2. The van der Waals surface area contributed by atoms with Gasteiger partial charge in [0.2, 0.25) is 11.6 Å². The van der Waals surface area contributed by atoms with Crippen LogP contribution >= 0.6 is 6.49 Å². The minimum Gasteiger partial charge on any atom is -0.394 e. The van der Waals surface area contributed by atoms with Crippen molar-refractivity contribution >= 4 is 41.1 Å². The number of aliphatic hydroxyl groups is 2. The number of rotatable bonds is 7. The number of anilines is 1. The Balaban J connectivity index is 1.23. The topological polar surface area (TPSA) is 241 Å². The van der Waals surface area contributed by atoms with Crippen molar-refractivity contribution in [1.82, 2.24) is 39.1 Å². The molecule has 2 saturated heterocycles. The molecule has 4 aromatic heterocycles. The van der Waals surface area contributed by atoms with Crippen molar-refractivity contribution in [2.24, 2.45) is 0 Å². The molecule has 0 amide bonds. The Hall–Kier alpha value is -3.16. The molecule has 6 heterocycles. The first-order chi connectivity index (χ1) is 19.1. The van der Waals surface area contributed by atoms with E-state index in [2.05, 4.69) is 30.0 Å². The highest BCUT2D eigenvalue weighted by Crippen LogP contribution is 2.58. The molecule has 7 N–H and O–H groups in total. The van der Waals surface area contributed by atoms with E-state index in [1.165, 1.54) is 21.6 Å². The summed E-state index contributed by atoms with van der Waals surface area (Å²) in [4.78, 5) is 52.2. The number of H-pyrrole nitrogens is 2. The van der Waals surface area contributed by atoms with E-state index in [1.807, 2.05) is 0 Å². The molecule has 0 bridgehead atoms. The van der Waals surface area contributed by atoms with Gasteiger partial charge in [0, 0.05) is 6.42 Å². The molecule has 6 rings (SSSR count). The fourth-order valence-electron chi connectivity index (χ4n) is 4.96. The van der Waals surface area contributed by atoms with Gasteiger partial charge in [-0.1, -0.05) is 0 Å². The Morgan fingerprint density at radius 2 is 2.05 bits per heavy atom. The number of imidazole rings is 2. The van der Waals surface area contributed by atoms with Crippen LogP contribution in [0.4, 0.5) is 10.3 Å². The van der Waals surface area contributed by atoms with Crippen molar-refractivity contribution in [1.29, 1.82) is 0 Å². The van der Waals surface area contributed by atoms with Crippen molar-refractivity contribution < 1.29 is 33.5 Å². The smallest absolute Gasteiger partial charge is 0.294 e. The zero-order valence-corrected chi connectivity index (χ0v) is 22.0. The van der Waals surface area contributed by atoms with Gasteiger partial charge in [-0.25, -0.2) is 18.9 Å². The van der Waals surface area contributed by atoms with E-state index in [0.717, 1.165) is 6.33 Å². The van der Waals surface area contributed by atoms with Crippen LogP contribution < -0.4 is 16.9 Å². The molecular weight excluding hydrogens is 576 g/mol. The zero-order chi connectivity index (χ0) is 28.3. The van der Waals surface area contributed by atoms with E-state index in [1.54, 1.807) is 0 Å². The van der Waals surface area contributed by atoms with Gasteiger partial charge in [0.25, 0.3) is 11.1 Å². The third-order valence-electron chi connectivity index (χ3n) is 6.88. The van der Waals surface area contributed by atoms with Gasteiger partial charge < -0.3 is 39.8 Å². The van der Waals surface area contributed by atoms with Crippen LogP contribution in [0.1, 0.15) is 24.4 Å². The molecule has 20 heteroatoms. The van der Waals surface area contributed by atoms with E-state index < -0.39 is 73.3 Å². The van der Waals surface area contributed by atoms with E-state index in [9.17, 15) is 24.7 Å². The average Bonchev–Trinajstić information content (AvgIpc) is 3.67. The lowest BCUT2D eigenvalue weighted by atomic mass is 10.1. The first-order valence-electron chi connectivity index (χ1n) is 11.9. The van der Waals surface area contributed by atoms with Crippen LogP contribution in [0.15, 0.2) is 28.4 Å². The molecule has 0 aromatic carbocycles. The third kappa shape index (κ3) is 4.44. The number of fused-ring (bicyclic) bond motifs is 2. The second-order valence-electron chi connectivity index (χ2n) is 9.32. The molecule has 4 aromatic rings. The number of aromatic nitrogens is 8. The molecule has 214 valence electrons. The molecular formula is C20H23FN9O8PS. The predicted octanol–water partition coefficient (Wildman–Crippen LogP) is -1.76. The number of nitrogens with two attached hydrogens (primary N) is 1.